The quantitative estimate of drug-likeness (QED) is 0.0279. The standard InChI is InChI=1S/C52H99O8P/c1-4-7-9-11-13-15-17-19-21-23-25-26-27-29-30-32-34-36-38-40-42-44-46-51(53)57-48-50(49-59-61(55,56)58-6-3)60-52(54)47-45-43-41-39-37-35-33-31-28-24-22-20-18-16-14-12-10-8-5-2/h14,16,20,22,50H,4-13,15,17-19,21,23-49H2,1-3H3,(H,55,56)/b16-14-,22-20-. The van der Waals surface area contributed by atoms with Crippen molar-refractivity contribution >= 4 is 19.8 Å². The van der Waals surface area contributed by atoms with Crippen LogP contribution in [0.25, 0.3) is 0 Å². The second-order valence-electron chi connectivity index (χ2n) is 17.5. The van der Waals surface area contributed by atoms with Gasteiger partial charge in [-0.25, -0.2) is 4.57 Å². The summed E-state index contributed by atoms with van der Waals surface area (Å²) in [7, 11) is -4.28. The topological polar surface area (TPSA) is 108 Å². The number of unbranched alkanes of at least 4 members (excludes halogenated alkanes) is 33. The maximum atomic E-state index is 12.6. The molecule has 0 fully saturated rings. The Balaban J connectivity index is 3.93. The molecule has 0 aliphatic heterocycles. The van der Waals surface area contributed by atoms with Crippen LogP contribution in [0.5, 0.6) is 0 Å². The van der Waals surface area contributed by atoms with E-state index in [1.165, 1.54) is 186 Å². The van der Waals surface area contributed by atoms with Gasteiger partial charge in [-0.15, -0.1) is 0 Å². The lowest BCUT2D eigenvalue weighted by Gasteiger charge is -2.19. The Kier molecular flexibility index (Phi) is 46.8. The molecule has 0 aromatic rings. The van der Waals surface area contributed by atoms with Crippen LogP contribution < -0.4 is 0 Å². The van der Waals surface area contributed by atoms with E-state index >= 15 is 0 Å². The van der Waals surface area contributed by atoms with E-state index in [4.69, 9.17) is 18.5 Å². The summed E-state index contributed by atoms with van der Waals surface area (Å²) >= 11 is 0. The van der Waals surface area contributed by atoms with E-state index < -0.39 is 19.9 Å². The van der Waals surface area contributed by atoms with Crippen LogP contribution in [0.1, 0.15) is 271 Å². The maximum Gasteiger partial charge on any atom is 0.472 e. The monoisotopic (exact) mass is 883 g/mol. The third kappa shape index (κ3) is 47.8. The zero-order chi connectivity index (χ0) is 44.6. The summed E-state index contributed by atoms with van der Waals surface area (Å²) in [5, 5.41) is 0. The van der Waals surface area contributed by atoms with Crippen LogP contribution in [0, 0.1) is 0 Å². The summed E-state index contributed by atoms with van der Waals surface area (Å²) in [5.74, 6) is -0.787. The van der Waals surface area contributed by atoms with Crippen LogP contribution in [0.4, 0.5) is 0 Å². The number of phosphoric ester groups is 1. The summed E-state index contributed by atoms with van der Waals surface area (Å²) in [6.45, 7) is 5.51. The largest absolute Gasteiger partial charge is 0.472 e. The Morgan fingerprint density at radius 1 is 0.443 bits per heavy atom. The van der Waals surface area contributed by atoms with Gasteiger partial charge in [-0.2, -0.15) is 0 Å². The fourth-order valence-corrected chi connectivity index (χ4v) is 8.42. The predicted molar refractivity (Wildman–Crippen MR) is 258 cm³/mol. The zero-order valence-corrected chi connectivity index (χ0v) is 41.2. The van der Waals surface area contributed by atoms with Gasteiger partial charge < -0.3 is 14.4 Å². The Bertz CT molecular complexity index is 1050. The molecule has 0 bridgehead atoms. The third-order valence-corrected chi connectivity index (χ3v) is 12.6. The number of hydrogen-bond donors (Lipinski definition) is 1. The fourth-order valence-electron chi connectivity index (χ4n) is 7.66. The summed E-state index contributed by atoms with van der Waals surface area (Å²) in [5.41, 5.74) is 0. The Labute approximate surface area is 377 Å². The summed E-state index contributed by atoms with van der Waals surface area (Å²) in [4.78, 5) is 34.9. The molecule has 0 aromatic carbocycles. The van der Waals surface area contributed by atoms with Crippen molar-refractivity contribution in [1.29, 1.82) is 0 Å². The minimum atomic E-state index is -4.28. The Morgan fingerprint density at radius 3 is 1.20 bits per heavy atom. The van der Waals surface area contributed by atoms with Crippen molar-refractivity contribution in [3.63, 3.8) is 0 Å². The van der Waals surface area contributed by atoms with Gasteiger partial charge in [0.2, 0.25) is 0 Å². The average Bonchev–Trinajstić information content (AvgIpc) is 3.24. The molecule has 2 atom stereocenters. The van der Waals surface area contributed by atoms with Gasteiger partial charge in [0, 0.05) is 12.8 Å². The molecule has 0 saturated carbocycles. The minimum Gasteiger partial charge on any atom is -0.462 e. The van der Waals surface area contributed by atoms with E-state index in [0.29, 0.717) is 12.8 Å². The lowest BCUT2D eigenvalue weighted by atomic mass is 10.0. The fraction of sp³-hybridized carbons (Fsp3) is 0.885. The maximum absolute atomic E-state index is 12.6. The molecular formula is C52H99O8P. The molecule has 360 valence electrons. The predicted octanol–water partition coefficient (Wildman–Crippen LogP) is 17.0. The first-order valence-electron chi connectivity index (χ1n) is 26.1. The smallest absolute Gasteiger partial charge is 0.462 e. The molecule has 2 unspecified atom stereocenters. The molecule has 1 N–H and O–H groups in total. The highest BCUT2D eigenvalue weighted by Crippen LogP contribution is 2.43. The molecular weight excluding hydrogens is 784 g/mol. The van der Waals surface area contributed by atoms with E-state index in [-0.39, 0.29) is 32.2 Å². The molecule has 0 radical (unpaired) electrons. The first-order valence-corrected chi connectivity index (χ1v) is 27.6. The number of carbonyl (C=O) groups is 2. The normalized spacial score (nSPS) is 13.3. The molecule has 0 aliphatic carbocycles. The Morgan fingerprint density at radius 2 is 0.787 bits per heavy atom. The van der Waals surface area contributed by atoms with Crippen molar-refractivity contribution < 1.29 is 37.6 Å². The first-order chi connectivity index (χ1) is 29.8. The summed E-state index contributed by atoms with van der Waals surface area (Å²) in [6, 6.07) is 0. The van der Waals surface area contributed by atoms with Gasteiger partial charge in [0.1, 0.15) is 6.61 Å². The highest BCUT2D eigenvalue weighted by Gasteiger charge is 2.25. The molecule has 0 saturated heterocycles. The molecule has 0 aromatic heterocycles. The molecule has 9 heteroatoms. The van der Waals surface area contributed by atoms with Crippen LogP contribution in [0.15, 0.2) is 24.3 Å². The SMILES string of the molecule is CCCCC/C=C\C/C=C\CCCCCCCCCCCC(=O)OC(COC(=O)CCCCCCCCCCCCCCCCCCCCCCCC)COP(=O)(O)OCC. The van der Waals surface area contributed by atoms with Gasteiger partial charge in [0.15, 0.2) is 6.10 Å². The van der Waals surface area contributed by atoms with Gasteiger partial charge in [-0.3, -0.25) is 18.6 Å². The van der Waals surface area contributed by atoms with Crippen molar-refractivity contribution in [3.05, 3.63) is 24.3 Å². The molecule has 0 amide bonds. The minimum absolute atomic E-state index is 0.00191. The van der Waals surface area contributed by atoms with Crippen molar-refractivity contribution in [1.82, 2.24) is 0 Å². The lowest BCUT2D eigenvalue weighted by Crippen LogP contribution is -2.29. The molecule has 61 heavy (non-hydrogen) atoms. The van der Waals surface area contributed by atoms with Crippen LogP contribution in [0.3, 0.4) is 0 Å². The Hall–Kier alpha value is -1.47. The number of hydrogen-bond acceptors (Lipinski definition) is 7. The molecule has 0 rings (SSSR count). The molecule has 0 heterocycles. The second kappa shape index (κ2) is 48.0. The van der Waals surface area contributed by atoms with E-state index in [0.717, 1.165) is 44.9 Å². The van der Waals surface area contributed by atoms with Gasteiger partial charge in [0.25, 0.3) is 0 Å². The van der Waals surface area contributed by atoms with Crippen molar-refractivity contribution in [2.24, 2.45) is 0 Å². The van der Waals surface area contributed by atoms with Crippen LogP contribution >= 0.6 is 7.82 Å². The van der Waals surface area contributed by atoms with E-state index in [9.17, 15) is 19.0 Å². The van der Waals surface area contributed by atoms with Crippen LogP contribution in [-0.4, -0.2) is 42.8 Å². The van der Waals surface area contributed by atoms with Gasteiger partial charge in [-0.05, 0) is 51.9 Å². The highest BCUT2D eigenvalue weighted by atomic mass is 31.2. The average molecular weight is 883 g/mol. The van der Waals surface area contributed by atoms with Gasteiger partial charge in [0.05, 0.1) is 13.2 Å². The van der Waals surface area contributed by atoms with E-state index in [1.54, 1.807) is 6.92 Å². The highest BCUT2D eigenvalue weighted by molar-refractivity contribution is 7.47. The zero-order valence-electron chi connectivity index (χ0n) is 40.3. The second-order valence-corrected chi connectivity index (χ2v) is 19.0. The number of esters is 2. The number of phosphoric acid groups is 1. The van der Waals surface area contributed by atoms with Crippen LogP contribution in [0.2, 0.25) is 0 Å². The van der Waals surface area contributed by atoms with Gasteiger partial charge >= 0.3 is 19.8 Å². The third-order valence-electron chi connectivity index (χ3n) is 11.5. The van der Waals surface area contributed by atoms with Crippen molar-refractivity contribution in [3.8, 4) is 0 Å². The summed E-state index contributed by atoms with van der Waals surface area (Å²) in [6.07, 6.45) is 55.3. The van der Waals surface area contributed by atoms with E-state index in [2.05, 4.69) is 38.2 Å². The number of rotatable bonds is 49. The number of carbonyl (C=O) groups excluding carboxylic acids is 2. The number of ether oxygens (including phenoxy) is 2. The number of allylic oxidation sites excluding steroid dienone is 4. The van der Waals surface area contributed by atoms with Crippen LogP contribution in [-0.2, 0) is 32.7 Å². The van der Waals surface area contributed by atoms with E-state index in [1.807, 2.05) is 0 Å². The molecule has 0 aliphatic rings. The van der Waals surface area contributed by atoms with Crippen molar-refractivity contribution in [2.75, 3.05) is 19.8 Å². The van der Waals surface area contributed by atoms with Crippen molar-refractivity contribution in [2.45, 2.75) is 277 Å². The first kappa shape index (κ1) is 59.5. The lowest BCUT2D eigenvalue weighted by molar-refractivity contribution is -0.161. The van der Waals surface area contributed by atoms with Gasteiger partial charge in [-0.1, -0.05) is 231 Å². The summed E-state index contributed by atoms with van der Waals surface area (Å²) < 4.78 is 32.8. The molecule has 0 spiro atoms. The molecule has 8 nitrogen and oxygen atoms in total.